The molecular weight excluding hydrogens is 246 g/mol. The van der Waals surface area contributed by atoms with E-state index in [1.54, 1.807) is 23.1 Å². The topological polar surface area (TPSA) is 12.9 Å². The molecule has 0 aliphatic rings. The molecule has 1 heterocycles. The number of thiazole rings is 1. The molecule has 0 aliphatic heterocycles. The van der Waals surface area contributed by atoms with Crippen molar-refractivity contribution in [1.29, 1.82) is 0 Å². The monoisotopic (exact) mass is 257 g/mol. The molecule has 3 aromatic rings. The van der Waals surface area contributed by atoms with Gasteiger partial charge < -0.3 is 0 Å². The van der Waals surface area contributed by atoms with Gasteiger partial charge in [-0.15, -0.1) is 23.1 Å². The van der Waals surface area contributed by atoms with Crippen molar-refractivity contribution in [1.82, 2.24) is 4.98 Å². The van der Waals surface area contributed by atoms with E-state index < -0.39 is 0 Å². The molecular formula is C14H11NS2. The summed E-state index contributed by atoms with van der Waals surface area (Å²) >= 11 is 3.51. The van der Waals surface area contributed by atoms with Crippen molar-refractivity contribution in [2.75, 3.05) is 6.26 Å². The van der Waals surface area contributed by atoms with Gasteiger partial charge in [-0.05, 0) is 30.5 Å². The Morgan fingerprint density at radius 3 is 2.47 bits per heavy atom. The molecule has 0 saturated heterocycles. The predicted octanol–water partition coefficient (Wildman–Crippen LogP) is 4.69. The van der Waals surface area contributed by atoms with Gasteiger partial charge in [-0.2, -0.15) is 0 Å². The number of benzene rings is 2. The third-order valence-electron chi connectivity index (χ3n) is 2.63. The Morgan fingerprint density at radius 2 is 1.76 bits per heavy atom. The van der Waals surface area contributed by atoms with Gasteiger partial charge in [0.05, 0.1) is 10.2 Å². The quantitative estimate of drug-likeness (QED) is 0.618. The summed E-state index contributed by atoms with van der Waals surface area (Å²) in [6.45, 7) is 0. The van der Waals surface area contributed by atoms with Crippen molar-refractivity contribution in [2.45, 2.75) is 4.90 Å². The third-order valence-corrected chi connectivity index (χ3v) is 4.46. The molecule has 0 N–H and O–H groups in total. The van der Waals surface area contributed by atoms with Crippen LogP contribution in [0.5, 0.6) is 0 Å². The minimum atomic E-state index is 1.08. The largest absolute Gasteiger partial charge is 0.236 e. The summed E-state index contributed by atoms with van der Waals surface area (Å²) in [6, 6.07) is 16.8. The SMILES string of the molecule is CSc1ccc(-c2nc3ccccc3s2)cc1. The van der Waals surface area contributed by atoms with Gasteiger partial charge in [-0.1, -0.05) is 24.3 Å². The molecule has 0 radical (unpaired) electrons. The molecule has 84 valence electrons. The molecule has 0 bridgehead atoms. The van der Waals surface area contributed by atoms with Crippen LogP contribution in [0.3, 0.4) is 0 Å². The molecule has 0 spiro atoms. The van der Waals surface area contributed by atoms with E-state index in [9.17, 15) is 0 Å². The second-order valence-electron chi connectivity index (χ2n) is 3.72. The Labute approximate surface area is 109 Å². The Kier molecular flexibility index (Phi) is 2.87. The normalized spacial score (nSPS) is 10.9. The molecule has 2 aromatic carbocycles. The third kappa shape index (κ3) is 2.08. The average molecular weight is 257 g/mol. The minimum Gasteiger partial charge on any atom is -0.236 e. The van der Waals surface area contributed by atoms with E-state index in [4.69, 9.17) is 0 Å². The minimum absolute atomic E-state index is 1.08. The van der Waals surface area contributed by atoms with E-state index in [1.165, 1.54) is 15.2 Å². The molecule has 0 atom stereocenters. The van der Waals surface area contributed by atoms with Crippen molar-refractivity contribution in [3.8, 4) is 10.6 Å². The highest BCUT2D eigenvalue weighted by molar-refractivity contribution is 7.98. The molecule has 3 rings (SSSR count). The predicted molar refractivity (Wildman–Crippen MR) is 76.8 cm³/mol. The summed E-state index contributed by atoms with van der Waals surface area (Å²) in [7, 11) is 0. The lowest BCUT2D eigenvalue weighted by Crippen LogP contribution is -1.75. The number of thioether (sulfide) groups is 1. The van der Waals surface area contributed by atoms with Gasteiger partial charge >= 0.3 is 0 Å². The van der Waals surface area contributed by atoms with Crippen LogP contribution in [-0.4, -0.2) is 11.2 Å². The van der Waals surface area contributed by atoms with Crippen LogP contribution in [0.25, 0.3) is 20.8 Å². The van der Waals surface area contributed by atoms with E-state index in [-0.39, 0.29) is 0 Å². The average Bonchev–Trinajstić information content (AvgIpc) is 2.82. The fourth-order valence-corrected chi connectivity index (χ4v) is 3.11. The van der Waals surface area contributed by atoms with Crippen LogP contribution in [0.2, 0.25) is 0 Å². The van der Waals surface area contributed by atoms with E-state index in [0.717, 1.165) is 10.5 Å². The number of aromatic nitrogens is 1. The molecule has 0 saturated carbocycles. The summed E-state index contributed by atoms with van der Waals surface area (Å²) in [5.41, 5.74) is 2.28. The van der Waals surface area contributed by atoms with Gasteiger partial charge in [-0.25, -0.2) is 4.98 Å². The van der Waals surface area contributed by atoms with E-state index in [1.807, 2.05) is 6.07 Å². The zero-order valence-corrected chi connectivity index (χ0v) is 11.0. The van der Waals surface area contributed by atoms with Crippen LogP contribution in [0.15, 0.2) is 53.4 Å². The maximum absolute atomic E-state index is 4.65. The molecule has 17 heavy (non-hydrogen) atoms. The van der Waals surface area contributed by atoms with Crippen molar-refractivity contribution in [2.24, 2.45) is 0 Å². The summed E-state index contributed by atoms with van der Waals surface area (Å²) in [5, 5.41) is 1.10. The summed E-state index contributed by atoms with van der Waals surface area (Å²) in [6.07, 6.45) is 2.09. The van der Waals surface area contributed by atoms with Crippen LogP contribution in [0, 0.1) is 0 Å². The number of fused-ring (bicyclic) bond motifs is 1. The molecule has 0 aliphatic carbocycles. The summed E-state index contributed by atoms with van der Waals surface area (Å²) < 4.78 is 1.25. The first kappa shape index (κ1) is 10.8. The Bertz CT molecular complexity index is 608. The van der Waals surface area contributed by atoms with Crippen molar-refractivity contribution >= 4 is 33.3 Å². The standard InChI is InChI=1S/C14H11NS2/c1-16-11-8-6-10(7-9-11)14-15-12-4-2-3-5-13(12)17-14/h2-9H,1H3. The van der Waals surface area contributed by atoms with Gasteiger partial charge in [0.15, 0.2) is 0 Å². The van der Waals surface area contributed by atoms with Crippen LogP contribution in [0.4, 0.5) is 0 Å². The second-order valence-corrected chi connectivity index (χ2v) is 5.63. The summed E-state index contributed by atoms with van der Waals surface area (Å²) in [4.78, 5) is 5.94. The highest BCUT2D eigenvalue weighted by Gasteiger charge is 2.05. The first-order valence-electron chi connectivity index (χ1n) is 5.37. The van der Waals surface area contributed by atoms with E-state index in [0.29, 0.717) is 0 Å². The highest BCUT2D eigenvalue weighted by atomic mass is 32.2. The zero-order chi connectivity index (χ0) is 11.7. The first-order chi connectivity index (χ1) is 8.36. The molecule has 0 amide bonds. The molecule has 0 unspecified atom stereocenters. The number of rotatable bonds is 2. The lowest BCUT2D eigenvalue weighted by atomic mass is 10.2. The maximum atomic E-state index is 4.65. The van der Waals surface area contributed by atoms with Crippen molar-refractivity contribution in [3.05, 3.63) is 48.5 Å². The van der Waals surface area contributed by atoms with Crippen LogP contribution < -0.4 is 0 Å². The van der Waals surface area contributed by atoms with Gasteiger partial charge in [-0.3, -0.25) is 0 Å². The molecule has 1 aromatic heterocycles. The zero-order valence-electron chi connectivity index (χ0n) is 9.38. The Balaban J connectivity index is 2.07. The number of para-hydroxylation sites is 1. The molecule has 1 nitrogen and oxygen atoms in total. The van der Waals surface area contributed by atoms with E-state index in [2.05, 4.69) is 53.7 Å². The van der Waals surface area contributed by atoms with Crippen LogP contribution in [0.1, 0.15) is 0 Å². The van der Waals surface area contributed by atoms with E-state index >= 15 is 0 Å². The van der Waals surface area contributed by atoms with Crippen LogP contribution >= 0.6 is 23.1 Å². The second kappa shape index (κ2) is 4.51. The van der Waals surface area contributed by atoms with Crippen molar-refractivity contribution < 1.29 is 0 Å². The lowest BCUT2D eigenvalue weighted by molar-refractivity contribution is 1.43. The maximum Gasteiger partial charge on any atom is 0.124 e. The Hall–Kier alpha value is -1.32. The fourth-order valence-electron chi connectivity index (χ4n) is 1.73. The molecule has 0 fully saturated rings. The van der Waals surface area contributed by atoms with Crippen molar-refractivity contribution in [3.63, 3.8) is 0 Å². The fraction of sp³-hybridized carbons (Fsp3) is 0.0714. The van der Waals surface area contributed by atoms with Gasteiger partial charge in [0.1, 0.15) is 5.01 Å². The number of hydrogen-bond acceptors (Lipinski definition) is 3. The highest BCUT2D eigenvalue weighted by Crippen LogP contribution is 2.30. The lowest BCUT2D eigenvalue weighted by Gasteiger charge is -1.97. The first-order valence-corrected chi connectivity index (χ1v) is 7.41. The summed E-state index contributed by atoms with van der Waals surface area (Å²) in [5.74, 6) is 0. The Morgan fingerprint density at radius 1 is 1.00 bits per heavy atom. The smallest absolute Gasteiger partial charge is 0.124 e. The van der Waals surface area contributed by atoms with Gasteiger partial charge in [0, 0.05) is 10.5 Å². The number of nitrogens with zero attached hydrogens (tertiary/aromatic N) is 1. The number of hydrogen-bond donors (Lipinski definition) is 0. The van der Waals surface area contributed by atoms with Crippen LogP contribution in [-0.2, 0) is 0 Å². The van der Waals surface area contributed by atoms with Gasteiger partial charge in [0.25, 0.3) is 0 Å². The molecule has 3 heteroatoms. The van der Waals surface area contributed by atoms with Gasteiger partial charge in [0.2, 0.25) is 0 Å².